The Kier molecular flexibility index (Phi) is 9.97. The Hall–Kier alpha value is -3.79. The van der Waals surface area contributed by atoms with Crippen molar-refractivity contribution in [2.24, 2.45) is 0 Å². The number of ether oxygens (including phenoxy) is 3. The highest BCUT2D eigenvalue weighted by Crippen LogP contribution is 2.28. The van der Waals surface area contributed by atoms with Crippen molar-refractivity contribution in [1.29, 1.82) is 0 Å². The Labute approximate surface area is 195 Å². The van der Waals surface area contributed by atoms with Crippen molar-refractivity contribution in [3.8, 4) is 11.5 Å². The summed E-state index contributed by atoms with van der Waals surface area (Å²) in [6.07, 6.45) is 0. The summed E-state index contributed by atoms with van der Waals surface area (Å²) in [5, 5.41) is 2.61. The van der Waals surface area contributed by atoms with Crippen LogP contribution in [0.25, 0.3) is 0 Å². The average Bonchev–Trinajstić information content (AvgIpc) is 2.81. The van der Waals surface area contributed by atoms with Crippen LogP contribution in [-0.2, 0) is 14.3 Å². The zero-order valence-corrected chi connectivity index (χ0v) is 18.9. The third kappa shape index (κ3) is 8.00. The highest BCUT2D eigenvalue weighted by atomic mass is 35.5. The number of hydrogen-bond donors (Lipinski definition) is 3. The SMILES string of the molecule is CCOc1ccc(C(=O)NCC(=O)OCC(=O)NNC(=O)c2ccccc2Cl)cc1OCC. The van der Waals surface area contributed by atoms with Crippen molar-refractivity contribution in [2.75, 3.05) is 26.4 Å². The van der Waals surface area contributed by atoms with Gasteiger partial charge in [0, 0.05) is 5.56 Å². The predicted octanol–water partition coefficient (Wildman–Crippen LogP) is 1.87. The third-order valence-corrected chi connectivity index (χ3v) is 4.33. The monoisotopic (exact) mass is 477 g/mol. The van der Waals surface area contributed by atoms with Gasteiger partial charge in [0.1, 0.15) is 6.54 Å². The summed E-state index contributed by atoms with van der Waals surface area (Å²) in [4.78, 5) is 47.9. The number of hydrazine groups is 1. The number of esters is 1. The predicted molar refractivity (Wildman–Crippen MR) is 119 cm³/mol. The molecule has 2 aromatic carbocycles. The van der Waals surface area contributed by atoms with E-state index in [4.69, 9.17) is 25.8 Å². The van der Waals surface area contributed by atoms with Crippen molar-refractivity contribution in [2.45, 2.75) is 13.8 Å². The first kappa shape index (κ1) is 25.5. The van der Waals surface area contributed by atoms with Gasteiger partial charge in [-0.3, -0.25) is 30.0 Å². The molecule has 0 aromatic heterocycles. The molecule has 11 heteroatoms. The fraction of sp³-hybridized carbons (Fsp3) is 0.273. The number of amides is 3. The van der Waals surface area contributed by atoms with Crippen LogP contribution in [0.15, 0.2) is 42.5 Å². The molecular weight excluding hydrogens is 454 g/mol. The summed E-state index contributed by atoms with van der Waals surface area (Å²) in [6, 6.07) is 10.9. The van der Waals surface area contributed by atoms with E-state index >= 15 is 0 Å². The lowest BCUT2D eigenvalue weighted by molar-refractivity contribution is -0.147. The highest BCUT2D eigenvalue weighted by molar-refractivity contribution is 6.33. The lowest BCUT2D eigenvalue weighted by Crippen LogP contribution is -2.44. The van der Waals surface area contributed by atoms with Crippen LogP contribution in [0.1, 0.15) is 34.6 Å². The van der Waals surface area contributed by atoms with Crippen LogP contribution in [-0.4, -0.2) is 50.1 Å². The molecule has 0 aliphatic carbocycles. The van der Waals surface area contributed by atoms with Gasteiger partial charge >= 0.3 is 5.97 Å². The van der Waals surface area contributed by atoms with Gasteiger partial charge < -0.3 is 19.5 Å². The molecule has 0 radical (unpaired) electrons. The lowest BCUT2D eigenvalue weighted by atomic mass is 10.2. The second-order valence-electron chi connectivity index (χ2n) is 6.35. The first-order valence-corrected chi connectivity index (χ1v) is 10.4. The van der Waals surface area contributed by atoms with E-state index < -0.39 is 36.8 Å². The van der Waals surface area contributed by atoms with Crippen LogP contribution < -0.4 is 25.6 Å². The summed E-state index contributed by atoms with van der Waals surface area (Å²) in [5.74, 6) is -1.87. The van der Waals surface area contributed by atoms with Gasteiger partial charge in [0.25, 0.3) is 17.7 Å². The summed E-state index contributed by atoms with van der Waals surface area (Å²) in [7, 11) is 0. The summed E-state index contributed by atoms with van der Waals surface area (Å²) < 4.78 is 15.7. The summed E-state index contributed by atoms with van der Waals surface area (Å²) >= 11 is 5.90. The number of benzene rings is 2. The van der Waals surface area contributed by atoms with Crippen LogP contribution in [0, 0.1) is 0 Å². The second kappa shape index (κ2) is 12.9. The molecule has 3 amide bonds. The number of halogens is 1. The van der Waals surface area contributed by atoms with Crippen LogP contribution in [0.2, 0.25) is 5.02 Å². The first-order chi connectivity index (χ1) is 15.8. The fourth-order valence-corrected chi connectivity index (χ4v) is 2.74. The highest BCUT2D eigenvalue weighted by Gasteiger charge is 2.15. The van der Waals surface area contributed by atoms with Crippen molar-refractivity contribution in [3.05, 3.63) is 58.6 Å². The molecule has 2 rings (SSSR count). The minimum absolute atomic E-state index is 0.168. The normalized spacial score (nSPS) is 10.0. The molecule has 0 saturated heterocycles. The van der Waals surface area contributed by atoms with Gasteiger partial charge in [-0.25, -0.2) is 0 Å². The molecule has 0 aliphatic rings. The maximum Gasteiger partial charge on any atom is 0.325 e. The molecule has 0 spiro atoms. The minimum Gasteiger partial charge on any atom is -0.490 e. The molecule has 10 nitrogen and oxygen atoms in total. The van der Waals surface area contributed by atoms with E-state index in [9.17, 15) is 19.2 Å². The van der Waals surface area contributed by atoms with E-state index in [1.54, 1.807) is 25.1 Å². The Morgan fingerprint density at radius 3 is 2.27 bits per heavy atom. The van der Waals surface area contributed by atoms with Gasteiger partial charge in [-0.1, -0.05) is 23.7 Å². The maximum atomic E-state index is 12.3. The molecule has 0 aliphatic heterocycles. The first-order valence-electron chi connectivity index (χ1n) is 10.0. The van der Waals surface area contributed by atoms with Gasteiger partial charge in [0.15, 0.2) is 18.1 Å². The molecule has 0 fully saturated rings. The zero-order chi connectivity index (χ0) is 24.2. The van der Waals surface area contributed by atoms with Gasteiger partial charge in [0.2, 0.25) is 0 Å². The van der Waals surface area contributed by atoms with Crippen molar-refractivity contribution >= 4 is 35.3 Å². The number of hydrogen-bond acceptors (Lipinski definition) is 7. The van der Waals surface area contributed by atoms with Crippen molar-refractivity contribution in [3.63, 3.8) is 0 Å². The van der Waals surface area contributed by atoms with Crippen LogP contribution in [0.4, 0.5) is 0 Å². The van der Waals surface area contributed by atoms with Gasteiger partial charge in [-0.15, -0.1) is 0 Å². The van der Waals surface area contributed by atoms with Crippen LogP contribution >= 0.6 is 11.6 Å². The van der Waals surface area contributed by atoms with Gasteiger partial charge in [0.05, 0.1) is 23.8 Å². The Balaban J connectivity index is 1.76. The van der Waals surface area contributed by atoms with Gasteiger partial charge in [-0.05, 0) is 44.2 Å². The topological polar surface area (TPSA) is 132 Å². The van der Waals surface area contributed by atoms with E-state index in [1.165, 1.54) is 24.3 Å². The molecule has 176 valence electrons. The molecule has 2 aromatic rings. The Morgan fingerprint density at radius 2 is 1.58 bits per heavy atom. The maximum absolute atomic E-state index is 12.3. The number of nitrogens with one attached hydrogen (secondary N) is 3. The fourth-order valence-electron chi connectivity index (χ4n) is 2.52. The number of carbonyl (C=O) groups is 4. The Morgan fingerprint density at radius 1 is 0.879 bits per heavy atom. The number of rotatable bonds is 10. The summed E-state index contributed by atoms with van der Waals surface area (Å²) in [6.45, 7) is 3.34. The standard InChI is InChI=1S/C22H24ClN3O7/c1-3-31-17-10-9-14(11-18(17)32-4-2)21(29)24-12-20(28)33-13-19(27)25-26-22(30)15-7-5-6-8-16(15)23/h5-11H,3-4,12-13H2,1-2H3,(H,24,29)(H,25,27)(H,26,30). The van der Waals surface area contributed by atoms with E-state index in [0.29, 0.717) is 24.7 Å². The van der Waals surface area contributed by atoms with E-state index in [0.717, 1.165) is 0 Å². The molecule has 33 heavy (non-hydrogen) atoms. The lowest BCUT2D eigenvalue weighted by Gasteiger charge is -2.12. The average molecular weight is 478 g/mol. The summed E-state index contributed by atoms with van der Waals surface area (Å²) in [5.41, 5.74) is 4.69. The quantitative estimate of drug-likeness (QED) is 0.351. The van der Waals surface area contributed by atoms with E-state index in [-0.39, 0.29) is 16.1 Å². The van der Waals surface area contributed by atoms with Crippen molar-refractivity contribution < 1.29 is 33.4 Å². The smallest absolute Gasteiger partial charge is 0.325 e. The van der Waals surface area contributed by atoms with E-state index in [1.807, 2.05) is 6.92 Å². The molecule has 3 N–H and O–H groups in total. The second-order valence-corrected chi connectivity index (χ2v) is 6.76. The third-order valence-electron chi connectivity index (χ3n) is 4.00. The van der Waals surface area contributed by atoms with Gasteiger partial charge in [-0.2, -0.15) is 0 Å². The van der Waals surface area contributed by atoms with Crippen LogP contribution in [0.3, 0.4) is 0 Å². The zero-order valence-electron chi connectivity index (χ0n) is 18.1. The van der Waals surface area contributed by atoms with E-state index in [2.05, 4.69) is 16.2 Å². The molecule has 0 heterocycles. The molecule has 0 atom stereocenters. The molecule has 0 bridgehead atoms. The number of carbonyl (C=O) groups excluding carboxylic acids is 4. The molecule has 0 unspecified atom stereocenters. The molecule has 0 saturated carbocycles. The Bertz CT molecular complexity index is 1010. The minimum atomic E-state index is -0.841. The van der Waals surface area contributed by atoms with Crippen molar-refractivity contribution in [1.82, 2.24) is 16.2 Å². The largest absolute Gasteiger partial charge is 0.490 e. The van der Waals surface area contributed by atoms with Crippen LogP contribution in [0.5, 0.6) is 11.5 Å². The molecular formula is C22H24ClN3O7.